The number of nitrogens with one attached hydrogen (secondary N) is 2. The summed E-state index contributed by atoms with van der Waals surface area (Å²) in [6, 6.07) is 10.8. The molecule has 1 aliphatic carbocycles. The van der Waals surface area contributed by atoms with Gasteiger partial charge in [-0.3, -0.25) is 14.4 Å². The van der Waals surface area contributed by atoms with Gasteiger partial charge in [0.2, 0.25) is 17.7 Å². The monoisotopic (exact) mass is 505 g/mol. The third kappa shape index (κ3) is 3.87. The van der Waals surface area contributed by atoms with Crippen molar-refractivity contribution in [1.82, 2.24) is 10.2 Å². The van der Waals surface area contributed by atoms with Gasteiger partial charge < -0.3 is 20.3 Å². The Morgan fingerprint density at radius 2 is 1.89 bits per heavy atom. The van der Waals surface area contributed by atoms with Crippen LogP contribution in [0, 0.1) is 18.8 Å². The van der Waals surface area contributed by atoms with Gasteiger partial charge in [-0.05, 0) is 43.3 Å². The van der Waals surface area contributed by atoms with Gasteiger partial charge in [0.1, 0.15) is 11.6 Å². The molecule has 36 heavy (non-hydrogen) atoms. The number of likely N-dealkylation sites (tertiary alicyclic amines) is 1. The molecule has 3 aliphatic heterocycles. The molecule has 188 valence electrons. The van der Waals surface area contributed by atoms with E-state index in [2.05, 4.69) is 10.6 Å². The Morgan fingerprint density at radius 3 is 2.61 bits per heavy atom. The van der Waals surface area contributed by atoms with E-state index in [4.69, 9.17) is 4.74 Å². The standard InChI is InChI=1S/C28H31N3O4S/c1-17-9-11-19(12-10-17)29-25(32)22-21-13-14-28(35-21)23(22)27(34)31(16-20-8-5-15-36-20)24(28)26(33)30-18-6-3-2-4-7-18/h5,8-15,18,21-24H,2-4,6-7,16H2,1H3,(H,29,32)(H,30,33)/t21-,22-,23-,24+,28-/m1/s1. The van der Waals surface area contributed by atoms with Crippen LogP contribution in [0.15, 0.2) is 53.9 Å². The van der Waals surface area contributed by atoms with Crippen LogP contribution in [0.25, 0.3) is 0 Å². The topological polar surface area (TPSA) is 87.7 Å². The fraction of sp³-hybridized carbons (Fsp3) is 0.464. The van der Waals surface area contributed by atoms with E-state index in [9.17, 15) is 14.4 Å². The summed E-state index contributed by atoms with van der Waals surface area (Å²) >= 11 is 1.55. The van der Waals surface area contributed by atoms with E-state index in [1.54, 1.807) is 16.2 Å². The number of aryl methyl sites for hydroxylation is 1. The Balaban J connectivity index is 1.31. The van der Waals surface area contributed by atoms with Gasteiger partial charge in [-0.15, -0.1) is 11.3 Å². The number of benzene rings is 1. The van der Waals surface area contributed by atoms with Crippen LogP contribution in [-0.4, -0.2) is 46.4 Å². The molecule has 1 aromatic heterocycles. The number of carbonyl (C=O) groups excluding carboxylic acids is 3. The number of amides is 3. The fourth-order valence-electron chi connectivity index (χ4n) is 6.40. The number of thiophene rings is 1. The van der Waals surface area contributed by atoms with Crippen molar-refractivity contribution in [3.8, 4) is 0 Å². The van der Waals surface area contributed by atoms with E-state index >= 15 is 0 Å². The SMILES string of the molecule is Cc1ccc(NC(=O)[C@@H]2[C@H]3C=C[C@]4(O3)[C@H](C(=O)NC3CCCCC3)N(Cc3cccs3)C(=O)[C@@H]24)cc1. The summed E-state index contributed by atoms with van der Waals surface area (Å²) in [4.78, 5) is 43.9. The normalized spacial score (nSPS) is 31.0. The highest BCUT2D eigenvalue weighted by molar-refractivity contribution is 7.09. The quantitative estimate of drug-likeness (QED) is 0.585. The molecule has 6 rings (SSSR count). The van der Waals surface area contributed by atoms with Crippen LogP contribution < -0.4 is 10.6 Å². The molecule has 1 saturated carbocycles. The molecule has 1 aromatic carbocycles. The maximum absolute atomic E-state index is 14.0. The lowest BCUT2D eigenvalue weighted by Crippen LogP contribution is -2.56. The first-order chi connectivity index (χ1) is 17.5. The van der Waals surface area contributed by atoms with Gasteiger partial charge in [0.15, 0.2) is 0 Å². The minimum atomic E-state index is -1.13. The first-order valence-electron chi connectivity index (χ1n) is 12.8. The van der Waals surface area contributed by atoms with E-state index < -0.39 is 29.6 Å². The second-order valence-electron chi connectivity index (χ2n) is 10.4. The summed E-state index contributed by atoms with van der Waals surface area (Å²) in [5.41, 5.74) is 0.645. The lowest BCUT2D eigenvalue weighted by Gasteiger charge is -2.34. The number of nitrogens with zero attached hydrogens (tertiary/aromatic N) is 1. The van der Waals surface area contributed by atoms with Crippen LogP contribution in [0.1, 0.15) is 42.5 Å². The molecule has 0 unspecified atom stereocenters. The molecule has 2 N–H and O–H groups in total. The Labute approximate surface area is 214 Å². The molecular weight excluding hydrogens is 474 g/mol. The van der Waals surface area contributed by atoms with Gasteiger partial charge in [0.05, 0.1) is 24.5 Å². The minimum Gasteiger partial charge on any atom is -0.359 e. The third-order valence-corrected chi connectivity index (χ3v) is 8.96. The van der Waals surface area contributed by atoms with Crippen molar-refractivity contribution in [3.05, 3.63) is 64.4 Å². The molecule has 8 heteroatoms. The summed E-state index contributed by atoms with van der Waals surface area (Å²) in [5, 5.41) is 8.16. The average Bonchev–Trinajstić information content (AvgIpc) is 3.64. The van der Waals surface area contributed by atoms with Gasteiger partial charge in [-0.1, -0.05) is 55.2 Å². The van der Waals surface area contributed by atoms with E-state index in [0.29, 0.717) is 12.2 Å². The Kier molecular flexibility index (Phi) is 5.96. The Hall–Kier alpha value is -2.97. The lowest BCUT2D eigenvalue weighted by atomic mass is 9.74. The molecule has 0 radical (unpaired) electrons. The van der Waals surface area contributed by atoms with E-state index in [-0.39, 0.29) is 23.8 Å². The molecule has 5 atom stereocenters. The first-order valence-corrected chi connectivity index (χ1v) is 13.7. The summed E-state index contributed by atoms with van der Waals surface area (Å²) in [5.74, 6) is -2.05. The molecule has 1 spiro atoms. The second-order valence-corrected chi connectivity index (χ2v) is 11.5. The second kappa shape index (κ2) is 9.16. The summed E-state index contributed by atoms with van der Waals surface area (Å²) in [6.45, 7) is 2.31. The van der Waals surface area contributed by atoms with Crippen LogP contribution in [0.2, 0.25) is 0 Å². The number of rotatable bonds is 6. The Bertz CT molecular complexity index is 1190. The molecule has 4 heterocycles. The van der Waals surface area contributed by atoms with Crippen LogP contribution in [0.5, 0.6) is 0 Å². The van der Waals surface area contributed by atoms with Crippen LogP contribution in [0.4, 0.5) is 5.69 Å². The van der Waals surface area contributed by atoms with Crippen molar-refractivity contribution < 1.29 is 19.1 Å². The molecule has 4 aliphatic rings. The molecule has 3 amide bonds. The predicted octanol–water partition coefficient (Wildman–Crippen LogP) is 3.79. The Morgan fingerprint density at radius 1 is 1.11 bits per heavy atom. The third-order valence-electron chi connectivity index (χ3n) is 8.10. The molecule has 2 bridgehead atoms. The zero-order valence-electron chi connectivity index (χ0n) is 20.3. The maximum Gasteiger partial charge on any atom is 0.246 e. The van der Waals surface area contributed by atoms with Crippen molar-refractivity contribution in [3.63, 3.8) is 0 Å². The van der Waals surface area contributed by atoms with Crippen LogP contribution >= 0.6 is 11.3 Å². The van der Waals surface area contributed by atoms with Gasteiger partial charge in [-0.2, -0.15) is 0 Å². The number of hydrogen-bond donors (Lipinski definition) is 2. The summed E-state index contributed by atoms with van der Waals surface area (Å²) in [6.07, 6.45) is 8.49. The molecule has 3 fully saturated rings. The zero-order valence-corrected chi connectivity index (χ0v) is 21.1. The number of hydrogen-bond acceptors (Lipinski definition) is 5. The zero-order chi connectivity index (χ0) is 24.9. The highest BCUT2D eigenvalue weighted by Gasteiger charge is 2.72. The number of fused-ring (bicyclic) bond motifs is 1. The van der Waals surface area contributed by atoms with E-state index in [1.807, 2.05) is 60.9 Å². The van der Waals surface area contributed by atoms with Crippen molar-refractivity contribution in [2.45, 2.75) is 69.4 Å². The van der Waals surface area contributed by atoms with Crippen molar-refractivity contribution in [1.29, 1.82) is 0 Å². The average molecular weight is 506 g/mol. The summed E-state index contributed by atoms with van der Waals surface area (Å²) < 4.78 is 6.43. The van der Waals surface area contributed by atoms with Crippen molar-refractivity contribution in [2.75, 3.05) is 5.32 Å². The van der Waals surface area contributed by atoms with Gasteiger partial charge >= 0.3 is 0 Å². The smallest absolute Gasteiger partial charge is 0.246 e. The van der Waals surface area contributed by atoms with E-state index in [1.165, 1.54) is 6.42 Å². The van der Waals surface area contributed by atoms with Gasteiger partial charge in [0.25, 0.3) is 0 Å². The van der Waals surface area contributed by atoms with Gasteiger partial charge in [-0.25, -0.2) is 0 Å². The number of ether oxygens (including phenoxy) is 1. The van der Waals surface area contributed by atoms with E-state index in [0.717, 1.165) is 36.1 Å². The maximum atomic E-state index is 14.0. The summed E-state index contributed by atoms with van der Waals surface area (Å²) in [7, 11) is 0. The highest BCUT2D eigenvalue weighted by Crippen LogP contribution is 2.55. The number of anilines is 1. The predicted molar refractivity (Wildman–Crippen MR) is 137 cm³/mol. The highest BCUT2D eigenvalue weighted by atomic mass is 32.1. The van der Waals surface area contributed by atoms with Crippen molar-refractivity contribution >= 4 is 34.7 Å². The lowest BCUT2D eigenvalue weighted by molar-refractivity contribution is -0.142. The largest absolute Gasteiger partial charge is 0.359 e. The fourth-order valence-corrected chi connectivity index (χ4v) is 7.10. The first kappa shape index (κ1) is 23.4. The number of carbonyl (C=O) groups is 3. The van der Waals surface area contributed by atoms with Crippen LogP contribution in [-0.2, 0) is 25.7 Å². The molecule has 2 aromatic rings. The molecule has 2 saturated heterocycles. The van der Waals surface area contributed by atoms with Crippen LogP contribution in [0.3, 0.4) is 0 Å². The van der Waals surface area contributed by atoms with Crippen molar-refractivity contribution in [2.24, 2.45) is 11.8 Å². The van der Waals surface area contributed by atoms with Gasteiger partial charge in [0, 0.05) is 16.6 Å². The molecular formula is C28H31N3O4S. The minimum absolute atomic E-state index is 0.114. The molecule has 7 nitrogen and oxygen atoms in total.